The molecule has 2 rings (SSSR count). The number of ether oxygens (including phenoxy) is 1. The van der Waals surface area contributed by atoms with Crippen LogP contribution in [0.15, 0.2) is 4.47 Å². The molecule has 2 atom stereocenters. The number of rotatable bonds is 5. The highest BCUT2D eigenvalue weighted by molar-refractivity contribution is 9.10. The molecule has 1 aliphatic heterocycles. The fourth-order valence-corrected chi connectivity index (χ4v) is 3.28. The lowest BCUT2D eigenvalue weighted by Crippen LogP contribution is -2.18. The van der Waals surface area contributed by atoms with Gasteiger partial charge in [0, 0.05) is 26.7 Å². The van der Waals surface area contributed by atoms with Crippen molar-refractivity contribution in [3.63, 3.8) is 0 Å². The second kappa shape index (κ2) is 6.17. The predicted molar refractivity (Wildman–Crippen MR) is 73.5 cm³/mol. The van der Waals surface area contributed by atoms with E-state index in [2.05, 4.69) is 28.0 Å². The van der Waals surface area contributed by atoms with Gasteiger partial charge in [0.1, 0.15) is 0 Å². The molecule has 0 bridgehead atoms. The Morgan fingerprint density at radius 3 is 2.94 bits per heavy atom. The molecular formula is C13H21BrN2O2. The molecule has 0 spiro atoms. The highest BCUT2D eigenvalue weighted by Gasteiger charge is 2.22. The van der Waals surface area contributed by atoms with Crippen LogP contribution in [0, 0.1) is 5.92 Å². The molecule has 0 saturated carbocycles. The Bertz CT molecular complexity index is 400. The number of aliphatic hydroxyl groups excluding tert-OH is 1. The van der Waals surface area contributed by atoms with Crippen LogP contribution >= 0.6 is 15.9 Å². The van der Waals surface area contributed by atoms with E-state index >= 15 is 0 Å². The Kier molecular flexibility index (Phi) is 4.81. The van der Waals surface area contributed by atoms with Crippen molar-refractivity contribution in [3.8, 4) is 0 Å². The molecule has 0 amide bonds. The van der Waals surface area contributed by atoms with Crippen LogP contribution in [0.5, 0.6) is 0 Å². The Hall–Kier alpha value is -0.390. The monoisotopic (exact) mass is 316 g/mol. The number of nitrogens with zero attached hydrogens (tertiary/aromatic N) is 2. The predicted octanol–water partition coefficient (Wildman–Crippen LogP) is 2.08. The molecule has 18 heavy (non-hydrogen) atoms. The van der Waals surface area contributed by atoms with Gasteiger partial charge in [-0.3, -0.25) is 4.68 Å². The van der Waals surface area contributed by atoms with Crippen LogP contribution in [-0.4, -0.2) is 34.2 Å². The lowest BCUT2D eigenvalue weighted by Gasteiger charge is -2.14. The van der Waals surface area contributed by atoms with Crippen molar-refractivity contribution in [1.29, 1.82) is 0 Å². The van der Waals surface area contributed by atoms with Gasteiger partial charge in [0.05, 0.1) is 22.0 Å². The van der Waals surface area contributed by atoms with E-state index in [0.29, 0.717) is 12.3 Å². The van der Waals surface area contributed by atoms with Gasteiger partial charge < -0.3 is 9.84 Å². The van der Waals surface area contributed by atoms with Crippen molar-refractivity contribution in [3.05, 3.63) is 15.9 Å². The molecule has 1 aliphatic rings. The fraction of sp³-hybridized carbons (Fsp3) is 0.769. The SMILES string of the molecule is CCc1nn(C)c(CC(O)CC2CCOC2)c1Br. The van der Waals surface area contributed by atoms with E-state index in [-0.39, 0.29) is 6.10 Å². The van der Waals surface area contributed by atoms with Crippen molar-refractivity contribution >= 4 is 15.9 Å². The van der Waals surface area contributed by atoms with E-state index in [1.54, 1.807) is 0 Å². The normalized spacial score (nSPS) is 21.4. The van der Waals surface area contributed by atoms with E-state index in [1.165, 1.54) is 0 Å². The highest BCUT2D eigenvalue weighted by atomic mass is 79.9. The van der Waals surface area contributed by atoms with Gasteiger partial charge in [0.25, 0.3) is 0 Å². The van der Waals surface area contributed by atoms with Gasteiger partial charge in [-0.15, -0.1) is 0 Å². The van der Waals surface area contributed by atoms with Crippen LogP contribution in [0.3, 0.4) is 0 Å². The van der Waals surface area contributed by atoms with Crippen LogP contribution in [0.4, 0.5) is 0 Å². The number of hydrogen-bond donors (Lipinski definition) is 1. The Morgan fingerprint density at radius 2 is 2.39 bits per heavy atom. The van der Waals surface area contributed by atoms with Crippen LogP contribution in [0.1, 0.15) is 31.2 Å². The molecule has 1 N–H and O–H groups in total. The molecule has 1 aromatic rings. The molecular weight excluding hydrogens is 296 g/mol. The maximum absolute atomic E-state index is 10.2. The zero-order chi connectivity index (χ0) is 13.1. The zero-order valence-corrected chi connectivity index (χ0v) is 12.6. The minimum atomic E-state index is -0.312. The maximum Gasteiger partial charge on any atom is 0.0766 e. The summed E-state index contributed by atoms with van der Waals surface area (Å²) in [7, 11) is 1.94. The van der Waals surface area contributed by atoms with Crippen LogP contribution in [0.2, 0.25) is 0 Å². The van der Waals surface area contributed by atoms with Gasteiger partial charge >= 0.3 is 0 Å². The molecule has 0 aliphatic carbocycles. The number of aryl methyl sites for hydroxylation is 2. The summed E-state index contributed by atoms with van der Waals surface area (Å²) in [6, 6.07) is 0. The van der Waals surface area contributed by atoms with Crippen molar-refractivity contribution in [2.75, 3.05) is 13.2 Å². The fourth-order valence-electron chi connectivity index (χ4n) is 2.50. The molecule has 2 unspecified atom stereocenters. The molecule has 1 fully saturated rings. The smallest absolute Gasteiger partial charge is 0.0766 e. The third-order valence-electron chi connectivity index (χ3n) is 3.56. The van der Waals surface area contributed by atoms with Crippen LogP contribution in [0.25, 0.3) is 0 Å². The summed E-state index contributed by atoms with van der Waals surface area (Å²) in [5, 5.41) is 14.6. The van der Waals surface area contributed by atoms with Crippen LogP contribution in [-0.2, 0) is 24.6 Å². The summed E-state index contributed by atoms with van der Waals surface area (Å²) in [5.41, 5.74) is 2.14. The summed E-state index contributed by atoms with van der Waals surface area (Å²) >= 11 is 3.58. The standard InChI is InChI=1S/C13H21BrN2O2/c1-3-11-13(14)12(16(2)15-11)7-10(17)6-9-4-5-18-8-9/h9-10,17H,3-8H2,1-2H3. The quantitative estimate of drug-likeness (QED) is 0.904. The second-order valence-corrected chi connectivity index (χ2v) is 5.80. The van der Waals surface area contributed by atoms with Crippen molar-refractivity contribution in [1.82, 2.24) is 9.78 Å². The minimum Gasteiger partial charge on any atom is -0.393 e. The van der Waals surface area contributed by atoms with Gasteiger partial charge in [0.15, 0.2) is 0 Å². The van der Waals surface area contributed by atoms with Crippen LogP contribution < -0.4 is 0 Å². The van der Waals surface area contributed by atoms with Crippen molar-refractivity contribution in [2.45, 2.75) is 38.7 Å². The molecule has 1 saturated heterocycles. The largest absolute Gasteiger partial charge is 0.393 e. The molecule has 0 aromatic carbocycles. The summed E-state index contributed by atoms with van der Waals surface area (Å²) in [6.45, 7) is 3.72. The van der Waals surface area contributed by atoms with E-state index in [9.17, 15) is 5.11 Å². The topological polar surface area (TPSA) is 47.3 Å². The van der Waals surface area contributed by atoms with E-state index in [0.717, 1.165) is 48.3 Å². The average Bonchev–Trinajstić information content (AvgIpc) is 2.92. The van der Waals surface area contributed by atoms with Gasteiger partial charge in [0.2, 0.25) is 0 Å². The number of halogens is 1. The van der Waals surface area contributed by atoms with Crippen molar-refractivity contribution < 1.29 is 9.84 Å². The zero-order valence-electron chi connectivity index (χ0n) is 11.0. The number of hydrogen-bond acceptors (Lipinski definition) is 3. The summed E-state index contributed by atoms with van der Waals surface area (Å²) in [4.78, 5) is 0. The first-order chi connectivity index (χ1) is 8.61. The Labute approximate surface area is 116 Å². The first-order valence-corrected chi connectivity index (χ1v) is 7.37. The average molecular weight is 317 g/mol. The van der Waals surface area contributed by atoms with E-state index < -0.39 is 0 Å². The second-order valence-electron chi connectivity index (χ2n) is 5.01. The number of aromatic nitrogens is 2. The lowest BCUT2D eigenvalue weighted by atomic mass is 9.98. The van der Waals surface area contributed by atoms with Gasteiger partial charge in [-0.2, -0.15) is 5.10 Å². The first kappa shape index (κ1) is 14.0. The third-order valence-corrected chi connectivity index (χ3v) is 4.48. The Balaban J connectivity index is 1.97. The molecule has 4 nitrogen and oxygen atoms in total. The van der Waals surface area contributed by atoms with E-state index in [1.807, 2.05) is 11.7 Å². The van der Waals surface area contributed by atoms with E-state index in [4.69, 9.17) is 4.74 Å². The summed E-state index contributed by atoms with van der Waals surface area (Å²) < 4.78 is 8.26. The van der Waals surface area contributed by atoms with Crippen molar-refractivity contribution in [2.24, 2.45) is 13.0 Å². The van der Waals surface area contributed by atoms with Gasteiger partial charge in [-0.05, 0) is 41.1 Å². The molecule has 5 heteroatoms. The molecule has 102 valence electrons. The first-order valence-electron chi connectivity index (χ1n) is 6.57. The number of aliphatic hydroxyl groups is 1. The lowest BCUT2D eigenvalue weighted by molar-refractivity contribution is 0.127. The van der Waals surface area contributed by atoms with Gasteiger partial charge in [-0.1, -0.05) is 6.92 Å². The molecule has 1 aromatic heterocycles. The molecule has 0 radical (unpaired) electrons. The summed E-state index contributed by atoms with van der Waals surface area (Å²) in [5.74, 6) is 0.512. The van der Waals surface area contributed by atoms with Gasteiger partial charge in [-0.25, -0.2) is 0 Å². The summed E-state index contributed by atoms with van der Waals surface area (Å²) in [6.07, 6.45) is 3.14. The minimum absolute atomic E-state index is 0.312. The Morgan fingerprint density at radius 1 is 1.61 bits per heavy atom. The molecule has 2 heterocycles. The highest BCUT2D eigenvalue weighted by Crippen LogP contribution is 2.25. The third kappa shape index (κ3) is 3.13. The maximum atomic E-state index is 10.2.